The van der Waals surface area contributed by atoms with E-state index in [1.807, 2.05) is 0 Å². The maximum absolute atomic E-state index is 12.3. The molecule has 2 aliphatic heterocycles. The lowest BCUT2D eigenvalue weighted by Gasteiger charge is -2.40. The van der Waals surface area contributed by atoms with E-state index < -0.39 is 17.7 Å². The Kier molecular flexibility index (Phi) is 5.29. The van der Waals surface area contributed by atoms with Gasteiger partial charge in [0.05, 0.1) is 13.2 Å². The normalized spacial score (nSPS) is 32.1. The fourth-order valence-corrected chi connectivity index (χ4v) is 2.84. The zero-order valence-electron chi connectivity index (χ0n) is 13.6. The molecule has 124 valence electrons. The minimum absolute atomic E-state index is 0.544. The molecule has 2 atom stereocenters. The van der Waals surface area contributed by atoms with Crippen molar-refractivity contribution in [3.63, 3.8) is 0 Å². The third-order valence-electron chi connectivity index (χ3n) is 4.27. The van der Waals surface area contributed by atoms with E-state index in [0.29, 0.717) is 37.2 Å². The summed E-state index contributed by atoms with van der Waals surface area (Å²) in [6.07, 6.45) is 4.13. The lowest BCUT2D eigenvalue weighted by molar-refractivity contribution is -0.246. The largest absolute Gasteiger partial charge is 0.513 e. The van der Waals surface area contributed by atoms with Gasteiger partial charge in [-0.2, -0.15) is 0 Å². The summed E-state index contributed by atoms with van der Waals surface area (Å²) < 4.78 is 22.4. The third-order valence-corrected chi connectivity index (χ3v) is 4.27. The first-order valence-corrected chi connectivity index (χ1v) is 7.92. The predicted molar refractivity (Wildman–Crippen MR) is 82.3 cm³/mol. The molecule has 2 unspecified atom stereocenters. The fraction of sp³-hybridized carbons (Fsp3) is 0.706. The molecule has 0 aliphatic carbocycles. The van der Waals surface area contributed by atoms with Crippen LogP contribution in [0.25, 0.3) is 0 Å². The van der Waals surface area contributed by atoms with Gasteiger partial charge in [0, 0.05) is 12.8 Å². The topological polar surface area (TPSA) is 54.0 Å². The summed E-state index contributed by atoms with van der Waals surface area (Å²) in [4.78, 5) is 12.3. The highest BCUT2D eigenvalue weighted by Crippen LogP contribution is 2.36. The summed E-state index contributed by atoms with van der Waals surface area (Å²) >= 11 is 0. The predicted octanol–water partition coefficient (Wildman–Crippen LogP) is 4.09. The van der Waals surface area contributed by atoms with Crippen molar-refractivity contribution >= 4 is 6.16 Å². The zero-order chi connectivity index (χ0) is 16.2. The number of rotatable bonds is 4. The molecule has 2 fully saturated rings. The second-order valence-electron chi connectivity index (χ2n) is 6.13. The smallest absolute Gasteiger partial charge is 0.397 e. The summed E-state index contributed by atoms with van der Waals surface area (Å²) in [5.74, 6) is -2.17. The molecular weight excluding hydrogens is 284 g/mol. The average molecular weight is 310 g/mol. The lowest BCUT2D eigenvalue weighted by atomic mass is 9.99. The monoisotopic (exact) mass is 310 g/mol. The first-order chi connectivity index (χ1) is 10.4. The van der Waals surface area contributed by atoms with Crippen LogP contribution in [0.2, 0.25) is 0 Å². The van der Waals surface area contributed by atoms with E-state index in [1.165, 1.54) is 0 Å². The van der Waals surface area contributed by atoms with Crippen LogP contribution in [0.15, 0.2) is 24.3 Å². The van der Waals surface area contributed by atoms with E-state index >= 15 is 0 Å². The van der Waals surface area contributed by atoms with Gasteiger partial charge in [-0.05, 0) is 50.7 Å². The summed E-state index contributed by atoms with van der Waals surface area (Å²) in [7, 11) is 0. The Morgan fingerprint density at radius 2 is 1.27 bits per heavy atom. The minimum atomic E-state index is -1.08. The molecule has 2 aliphatic rings. The second-order valence-corrected chi connectivity index (χ2v) is 6.13. The van der Waals surface area contributed by atoms with E-state index in [0.717, 1.165) is 25.7 Å². The summed E-state index contributed by atoms with van der Waals surface area (Å²) in [5.41, 5.74) is 1.33. The third kappa shape index (κ3) is 3.52. The lowest BCUT2D eigenvalue weighted by Crippen LogP contribution is -2.46. The Balaban J connectivity index is 2.06. The van der Waals surface area contributed by atoms with Gasteiger partial charge in [-0.3, -0.25) is 0 Å². The van der Waals surface area contributed by atoms with E-state index in [2.05, 4.69) is 13.2 Å². The van der Waals surface area contributed by atoms with Crippen LogP contribution in [-0.4, -0.2) is 30.9 Å². The van der Waals surface area contributed by atoms with Gasteiger partial charge < -0.3 is 18.9 Å². The number of hydrogen-bond donors (Lipinski definition) is 0. The van der Waals surface area contributed by atoms with E-state index in [1.54, 1.807) is 13.8 Å². The number of carbonyl (C=O) groups is 1. The maximum atomic E-state index is 12.3. The van der Waals surface area contributed by atoms with Gasteiger partial charge in [-0.15, -0.1) is 0 Å². The molecule has 22 heavy (non-hydrogen) atoms. The first kappa shape index (κ1) is 17.0. The Hall–Kier alpha value is -1.33. The molecule has 5 heteroatoms. The number of ether oxygens (including phenoxy) is 4. The van der Waals surface area contributed by atoms with Crippen molar-refractivity contribution in [1.82, 2.24) is 0 Å². The summed E-state index contributed by atoms with van der Waals surface area (Å²) in [6, 6.07) is 0. The van der Waals surface area contributed by atoms with Crippen LogP contribution in [-0.2, 0) is 18.9 Å². The standard InChI is InChI=1S/C17H26O5/c1-13(2)16(9-5-7-11-19-16)21-15(18)22-17(14(3)4)10-6-8-12-20-17/h1,3,5-12H2,2,4H3. The van der Waals surface area contributed by atoms with Crippen molar-refractivity contribution in [3.05, 3.63) is 24.3 Å². The summed E-state index contributed by atoms with van der Waals surface area (Å²) in [6.45, 7) is 12.5. The van der Waals surface area contributed by atoms with Crippen LogP contribution in [0.3, 0.4) is 0 Å². The highest BCUT2D eigenvalue weighted by molar-refractivity contribution is 5.62. The molecule has 0 aromatic heterocycles. The molecule has 0 spiro atoms. The molecule has 2 rings (SSSR count). The number of hydrogen-bond acceptors (Lipinski definition) is 5. The Morgan fingerprint density at radius 3 is 1.55 bits per heavy atom. The molecule has 2 saturated heterocycles. The quantitative estimate of drug-likeness (QED) is 0.578. The van der Waals surface area contributed by atoms with Crippen LogP contribution in [0.1, 0.15) is 52.4 Å². The van der Waals surface area contributed by atoms with Crippen molar-refractivity contribution in [2.24, 2.45) is 0 Å². The average Bonchev–Trinajstić information content (AvgIpc) is 2.48. The molecule has 5 nitrogen and oxygen atoms in total. The van der Waals surface area contributed by atoms with Gasteiger partial charge in [-0.25, -0.2) is 4.79 Å². The van der Waals surface area contributed by atoms with E-state index in [4.69, 9.17) is 18.9 Å². The highest BCUT2D eigenvalue weighted by Gasteiger charge is 2.43. The van der Waals surface area contributed by atoms with Gasteiger partial charge in [-0.1, -0.05) is 13.2 Å². The van der Waals surface area contributed by atoms with Crippen molar-refractivity contribution in [2.75, 3.05) is 13.2 Å². The van der Waals surface area contributed by atoms with E-state index in [9.17, 15) is 4.79 Å². The zero-order valence-corrected chi connectivity index (χ0v) is 13.6. The van der Waals surface area contributed by atoms with E-state index in [-0.39, 0.29) is 0 Å². The van der Waals surface area contributed by atoms with Gasteiger partial charge in [0.25, 0.3) is 0 Å². The summed E-state index contributed by atoms with van der Waals surface area (Å²) in [5, 5.41) is 0. The van der Waals surface area contributed by atoms with Crippen LogP contribution < -0.4 is 0 Å². The highest BCUT2D eigenvalue weighted by atomic mass is 16.8. The Bertz CT molecular complexity index is 402. The second kappa shape index (κ2) is 6.84. The van der Waals surface area contributed by atoms with Crippen molar-refractivity contribution in [2.45, 2.75) is 63.9 Å². The first-order valence-electron chi connectivity index (χ1n) is 7.92. The van der Waals surface area contributed by atoms with Gasteiger partial charge in [0.15, 0.2) is 0 Å². The molecule has 0 saturated carbocycles. The van der Waals surface area contributed by atoms with Crippen LogP contribution in [0.5, 0.6) is 0 Å². The maximum Gasteiger partial charge on any atom is 0.513 e. The van der Waals surface area contributed by atoms with Crippen molar-refractivity contribution < 1.29 is 23.7 Å². The minimum Gasteiger partial charge on any atom is -0.397 e. The van der Waals surface area contributed by atoms with Gasteiger partial charge >= 0.3 is 6.16 Å². The molecule has 0 bridgehead atoms. The molecular formula is C17H26O5. The Morgan fingerprint density at radius 1 is 0.864 bits per heavy atom. The van der Waals surface area contributed by atoms with Crippen LogP contribution in [0, 0.1) is 0 Å². The Labute approximate surface area is 132 Å². The van der Waals surface area contributed by atoms with Gasteiger partial charge in [0.2, 0.25) is 11.6 Å². The van der Waals surface area contributed by atoms with Crippen LogP contribution in [0.4, 0.5) is 4.79 Å². The van der Waals surface area contributed by atoms with Gasteiger partial charge in [0.1, 0.15) is 0 Å². The van der Waals surface area contributed by atoms with Crippen molar-refractivity contribution in [1.29, 1.82) is 0 Å². The molecule has 0 radical (unpaired) electrons. The molecule has 0 aromatic rings. The molecule has 0 amide bonds. The number of carbonyl (C=O) groups excluding carboxylic acids is 1. The molecule has 0 aromatic carbocycles. The fourth-order valence-electron chi connectivity index (χ4n) is 2.84. The molecule has 2 heterocycles. The molecule has 0 N–H and O–H groups in total. The van der Waals surface area contributed by atoms with Crippen LogP contribution >= 0.6 is 0 Å². The van der Waals surface area contributed by atoms with Crippen molar-refractivity contribution in [3.8, 4) is 0 Å². The SMILES string of the molecule is C=C(C)C1(OC(=O)OC2(C(=C)C)CCCCO2)CCCCO1.